The quantitative estimate of drug-likeness (QED) is 0.495. The molecule has 2 heterocycles. The third-order valence-corrected chi connectivity index (χ3v) is 8.28. The number of nitrogens with zero attached hydrogens (tertiary/aromatic N) is 4. The van der Waals surface area contributed by atoms with Crippen molar-refractivity contribution in [3.63, 3.8) is 0 Å². The summed E-state index contributed by atoms with van der Waals surface area (Å²) < 4.78 is 43.0. The fourth-order valence-electron chi connectivity index (χ4n) is 4.55. The van der Waals surface area contributed by atoms with Crippen molar-refractivity contribution in [3.8, 4) is 0 Å². The molecule has 4 rings (SSSR count). The summed E-state index contributed by atoms with van der Waals surface area (Å²) in [4.78, 5) is 19.7. The molecule has 9 nitrogen and oxygen atoms in total. The summed E-state index contributed by atoms with van der Waals surface area (Å²) >= 11 is 0. The van der Waals surface area contributed by atoms with Crippen LogP contribution in [-0.2, 0) is 15.6 Å². The Hall–Kier alpha value is -3.05. The monoisotopic (exact) mass is 488 g/mol. The number of alkyl halides is 1. The molecule has 1 aliphatic rings. The molecule has 2 N–H and O–H groups in total. The van der Waals surface area contributed by atoms with Crippen molar-refractivity contribution in [1.82, 2.24) is 19.1 Å². The second kappa shape index (κ2) is 9.30. The first kappa shape index (κ1) is 24.1. The lowest BCUT2D eigenvalue weighted by Gasteiger charge is -2.40. The Morgan fingerprint density at radius 2 is 2.03 bits per heavy atom. The molecular weight excluding hydrogens is 459 g/mol. The van der Waals surface area contributed by atoms with Gasteiger partial charge in [-0.2, -0.15) is 5.10 Å². The van der Waals surface area contributed by atoms with Crippen LogP contribution in [0.15, 0.2) is 51.2 Å². The summed E-state index contributed by atoms with van der Waals surface area (Å²) in [5.74, 6) is 0.283. The van der Waals surface area contributed by atoms with Crippen LogP contribution < -0.4 is 10.9 Å². The lowest BCUT2D eigenvalue weighted by Crippen LogP contribution is -2.46. The second-order valence-electron chi connectivity index (χ2n) is 8.73. The Labute approximate surface area is 197 Å². The van der Waals surface area contributed by atoms with Gasteiger partial charge in [0, 0.05) is 45.7 Å². The number of hydrogen-bond donors (Lipinski definition) is 2. The molecular formula is C23H29FN6O3S. The Bertz CT molecular complexity index is 1360. The third-order valence-electron chi connectivity index (χ3n) is 6.45. The topological polar surface area (TPSA) is 112 Å². The molecule has 0 bridgehead atoms. The van der Waals surface area contributed by atoms with E-state index in [1.165, 1.54) is 32.4 Å². The number of benzene rings is 1. The minimum absolute atomic E-state index is 0.150. The Morgan fingerprint density at radius 3 is 2.68 bits per heavy atom. The predicted octanol–water partition coefficient (Wildman–Crippen LogP) is 3.42. The number of aromatic nitrogens is 3. The number of rotatable bonds is 7. The normalized spacial score (nSPS) is 21.5. The van der Waals surface area contributed by atoms with E-state index in [-0.39, 0.29) is 16.3 Å². The van der Waals surface area contributed by atoms with Crippen LogP contribution in [0.1, 0.15) is 32.1 Å². The first-order chi connectivity index (χ1) is 16.2. The first-order valence-corrected chi connectivity index (χ1v) is 12.6. The lowest BCUT2D eigenvalue weighted by atomic mass is 9.78. The van der Waals surface area contributed by atoms with E-state index >= 15 is 4.39 Å². The number of nitrogens with one attached hydrogen (secondary N) is 2. The largest absolute Gasteiger partial charge is 0.338 e. The summed E-state index contributed by atoms with van der Waals surface area (Å²) in [6, 6.07) is 7.92. The van der Waals surface area contributed by atoms with Gasteiger partial charge in [-0.3, -0.25) is 9.48 Å². The van der Waals surface area contributed by atoms with E-state index in [0.717, 1.165) is 17.1 Å². The second-order valence-corrected chi connectivity index (χ2v) is 10.9. The van der Waals surface area contributed by atoms with Gasteiger partial charge in [0.25, 0.3) is 5.56 Å². The lowest BCUT2D eigenvalue weighted by molar-refractivity contribution is 0.0644. The maximum Gasteiger partial charge on any atom is 0.261 e. The van der Waals surface area contributed by atoms with Crippen molar-refractivity contribution in [3.05, 3.63) is 46.9 Å². The van der Waals surface area contributed by atoms with Gasteiger partial charge in [0.05, 0.1) is 16.0 Å². The summed E-state index contributed by atoms with van der Waals surface area (Å²) in [5, 5.41) is 8.15. The average Bonchev–Trinajstić information content (AvgIpc) is 3.19. The fourth-order valence-corrected chi connectivity index (χ4v) is 5.45. The molecule has 0 unspecified atom stereocenters. The molecule has 2 atom stereocenters. The van der Waals surface area contributed by atoms with E-state index in [1.807, 2.05) is 0 Å². The Morgan fingerprint density at radius 1 is 1.29 bits per heavy atom. The maximum absolute atomic E-state index is 15.5. The first-order valence-electron chi connectivity index (χ1n) is 11.2. The van der Waals surface area contributed by atoms with Gasteiger partial charge in [-0.1, -0.05) is 12.8 Å². The van der Waals surface area contributed by atoms with Crippen LogP contribution in [0.4, 0.5) is 15.9 Å². The smallest absolute Gasteiger partial charge is 0.261 e. The number of halogens is 1. The van der Waals surface area contributed by atoms with Crippen LogP contribution in [0.5, 0.6) is 0 Å². The highest BCUT2D eigenvalue weighted by Crippen LogP contribution is 2.42. The molecule has 0 saturated heterocycles. The number of pyridine rings is 1. The van der Waals surface area contributed by atoms with Crippen LogP contribution >= 0.6 is 0 Å². The fraction of sp³-hybridized carbons (Fsp3) is 0.435. The highest BCUT2D eigenvalue weighted by atomic mass is 32.2. The van der Waals surface area contributed by atoms with Gasteiger partial charge in [0.1, 0.15) is 11.6 Å². The summed E-state index contributed by atoms with van der Waals surface area (Å²) in [5.41, 5.74) is -0.194. The minimum atomic E-state index is -3.56. The van der Waals surface area contributed by atoms with Gasteiger partial charge in [-0.05, 0) is 43.2 Å². The van der Waals surface area contributed by atoms with Crippen LogP contribution in [-0.4, -0.2) is 61.0 Å². The van der Waals surface area contributed by atoms with Gasteiger partial charge < -0.3 is 15.3 Å². The average molecular weight is 489 g/mol. The molecule has 0 amide bonds. The van der Waals surface area contributed by atoms with Crippen molar-refractivity contribution < 1.29 is 12.8 Å². The molecule has 3 aromatic rings. The molecule has 1 aliphatic carbocycles. The summed E-state index contributed by atoms with van der Waals surface area (Å²) in [6.45, 7) is 0. The standard InChI is InChI=1S/C23H29FN6O3S/c1-25-15-13-23(12-5-4-6-19(23)24)30-18-11-14-26-22(31)20(18)21(28-30)27-16-7-9-17(10-8-16)34(32,33)29(2)3/h7-11,14-15,19H,4-6,12-13H2,1-3H3,(H,26,31)(H,27,28)/t19-,23-/m1/s1. The van der Waals surface area contributed by atoms with E-state index in [0.29, 0.717) is 35.9 Å². The highest BCUT2D eigenvalue weighted by Gasteiger charge is 2.44. The van der Waals surface area contributed by atoms with Crippen molar-refractivity contribution in [2.24, 2.45) is 4.99 Å². The highest BCUT2D eigenvalue weighted by molar-refractivity contribution is 7.89. The minimum Gasteiger partial charge on any atom is -0.338 e. The van der Waals surface area contributed by atoms with Gasteiger partial charge in [0.2, 0.25) is 10.0 Å². The number of sulfonamides is 1. The molecule has 2 aromatic heterocycles. The van der Waals surface area contributed by atoms with Gasteiger partial charge in [-0.25, -0.2) is 17.1 Å². The molecule has 1 fully saturated rings. The van der Waals surface area contributed by atoms with Crippen molar-refractivity contribution in [1.29, 1.82) is 0 Å². The predicted molar refractivity (Wildman–Crippen MR) is 131 cm³/mol. The van der Waals surface area contributed by atoms with Crippen molar-refractivity contribution >= 4 is 38.6 Å². The molecule has 34 heavy (non-hydrogen) atoms. The summed E-state index contributed by atoms with van der Waals surface area (Å²) in [7, 11) is 1.03. The molecule has 1 saturated carbocycles. The molecule has 182 valence electrons. The maximum atomic E-state index is 15.5. The third kappa shape index (κ3) is 4.14. The molecule has 1 aromatic carbocycles. The number of aromatic amines is 1. The van der Waals surface area contributed by atoms with E-state index < -0.39 is 21.7 Å². The Balaban J connectivity index is 1.80. The number of anilines is 2. The zero-order valence-corrected chi connectivity index (χ0v) is 20.3. The SMILES string of the molecule is CN=CC[C@]1(n2nc(Nc3ccc(S(=O)(=O)N(C)C)cc3)c3c(=O)[nH]ccc32)CCCC[C@H]1F. The van der Waals surface area contributed by atoms with Crippen molar-refractivity contribution in [2.75, 3.05) is 26.5 Å². The number of H-pyrrole nitrogens is 1. The summed E-state index contributed by atoms with van der Waals surface area (Å²) in [6.07, 6.45) is 5.13. The molecule has 0 radical (unpaired) electrons. The van der Waals surface area contributed by atoms with E-state index in [9.17, 15) is 13.2 Å². The van der Waals surface area contributed by atoms with E-state index in [4.69, 9.17) is 5.10 Å². The van der Waals surface area contributed by atoms with Gasteiger partial charge >= 0.3 is 0 Å². The van der Waals surface area contributed by atoms with Gasteiger partial charge in [-0.15, -0.1) is 0 Å². The molecule has 0 spiro atoms. The number of aliphatic imine (C=N–C) groups is 1. The van der Waals surface area contributed by atoms with Crippen LogP contribution in [0.25, 0.3) is 10.9 Å². The van der Waals surface area contributed by atoms with Crippen LogP contribution in [0, 0.1) is 0 Å². The number of hydrogen-bond acceptors (Lipinski definition) is 6. The zero-order valence-electron chi connectivity index (χ0n) is 19.5. The van der Waals surface area contributed by atoms with E-state index in [2.05, 4.69) is 15.3 Å². The van der Waals surface area contributed by atoms with Crippen molar-refractivity contribution in [2.45, 2.75) is 48.7 Å². The Kier molecular flexibility index (Phi) is 6.59. The molecule has 0 aliphatic heterocycles. The van der Waals surface area contributed by atoms with Crippen LogP contribution in [0.3, 0.4) is 0 Å². The number of fused-ring (bicyclic) bond motifs is 1. The van der Waals surface area contributed by atoms with E-state index in [1.54, 1.807) is 36.1 Å². The zero-order chi connectivity index (χ0) is 24.5. The van der Waals surface area contributed by atoms with Crippen LogP contribution in [0.2, 0.25) is 0 Å². The van der Waals surface area contributed by atoms with Gasteiger partial charge in [0.15, 0.2) is 5.82 Å². The molecule has 11 heteroatoms.